The zero-order chi connectivity index (χ0) is 17.9. The highest BCUT2D eigenvalue weighted by Gasteiger charge is 2.29. The summed E-state index contributed by atoms with van der Waals surface area (Å²) in [6.07, 6.45) is 4.52. The molecule has 25 heavy (non-hydrogen) atoms. The average molecular weight is 394 g/mol. The number of carbonyl (C=O) groups is 1. The summed E-state index contributed by atoms with van der Waals surface area (Å²) < 4.78 is 28.5. The Labute approximate surface area is 155 Å². The third-order valence-corrected chi connectivity index (χ3v) is 5.80. The molecule has 8 nitrogen and oxygen atoms in total. The van der Waals surface area contributed by atoms with Crippen LogP contribution in [0.25, 0.3) is 0 Å². The van der Waals surface area contributed by atoms with Crippen LogP contribution in [0.15, 0.2) is 11.2 Å². The number of likely N-dealkylation sites (tertiary alicyclic amines) is 1. The topological polar surface area (TPSA) is 110 Å². The number of nitrogens with zero attached hydrogens (tertiary/aromatic N) is 3. The van der Waals surface area contributed by atoms with E-state index < -0.39 is 10.0 Å². The second kappa shape index (κ2) is 8.98. The Hall–Kier alpha value is -1.16. The number of hydrogen-bond donors (Lipinski definition) is 2. The van der Waals surface area contributed by atoms with Crippen molar-refractivity contribution in [3.8, 4) is 0 Å². The summed E-state index contributed by atoms with van der Waals surface area (Å²) in [5.74, 6) is 0.552. The van der Waals surface area contributed by atoms with Crippen molar-refractivity contribution in [2.45, 2.75) is 56.6 Å². The molecule has 1 saturated heterocycles. The number of halogens is 1. The smallest absolute Gasteiger partial charge is 0.259 e. The van der Waals surface area contributed by atoms with E-state index in [0.717, 1.165) is 19.3 Å². The summed E-state index contributed by atoms with van der Waals surface area (Å²) in [7, 11) is -1.96. The Bertz CT molecular complexity index is 670. The predicted molar refractivity (Wildman–Crippen MR) is 98.0 cm³/mol. The molecule has 3 N–H and O–H groups in total. The summed E-state index contributed by atoms with van der Waals surface area (Å²) >= 11 is 0. The normalized spacial score (nSPS) is 19.4. The molecule has 1 aromatic heterocycles. The lowest BCUT2D eigenvalue weighted by atomic mass is 9.96. The molecule has 1 aromatic rings. The molecule has 2 atom stereocenters. The fourth-order valence-electron chi connectivity index (χ4n) is 2.98. The van der Waals surface area contributed by atoms with E-state index in [4.69, 9.17) is 5.73 Å². The molecule has 0 radical (unpaired) electrons. The van der Waals surface area contributed by atoms with Crippen LogP contribution in [0.2, 0.25) is 0 Å². The lowest BCUT2D eigenvalue weighted by molar-refractivity contribution is -0.135. The third-order valence-electron chi connectivity index (χ3n) is 4.47. The van der Waals surface area contributed by atoms with E-state index in [-0.39, 0.29) is 48.4 Å². The van der Waals surface area contributed by atoms with Gasteiger partial charge in [0.05, 0.1) is 0 Å². The number of rotatable bonds is 6. The van der Waals surface area contributed by atoms with Crippen molar-refractivity contribution in [3.63, 3.8) is 0 Å². The van der Waals surface area contributed by atoms with Crippen LogP contribution >= 0.6 is 12.4 Å². The van der Waals surface area contributed by atoms with Gasteiger partial charge in [-0.15, -0.1) is 12.4 Å². The molecule has 0 bridgehead atoms. The van der Waals surface area contributed by atoms with E-state index in [1.807, 2.05) is 6.92 Å². The number of carbonyl (C=O) groups excluding carboxylic acids is 1. The molecule has 0 spiro atoms. The van der Waals surface area contributed by atoms with Crippen molar-refractivity contribution >= 4 is 28.3 Å². The van der Waals surface area contributed by atoms with Crippen molar-refractivity contribution < 1.29 is 13.2 Å². The van der Waals surface area contributed by atoms with E-state index in [1.54, 1.807) is 23.4 Å². The Morgan fingerprint density at radius 2 is 2.16 bits per heavy atom. The minimum atomic E-state index is -3.70. The molecule has 0 aromatic carbocycles. The minimum absolute atomic E-state index is 0. The fraction of sp³-hybridized carbons (Fsp3) is 0.733. The molecule has 0 aliphatic carbocycles. The number of amides is 1. The van der Waals surface area contributed by atoms with Crippen LogP contribution in [-0.2, 0) is 21.9 Å². The second-order valence-corrected chi connectivity index (χ2v) is 8.11. The first-order valence-electron chi connectivity index (χ1n) is 8.27. The van der Waals surface area contributed by atoms with Gasteiger partial charge >= 0.3 is 0 Å². The number of aromatic nitrogens is 2. The first kappa shape index (κ1) is 21.9. The molecule has 2 unspecified atom stereocenters. The molecule has 1 aliphatic rings. The van der Waals surface area contributed by atoms with E-state index in [0.29, 0.717) is 12.4 Å². The Balaban J connectivity index is 0.00000312. The molecule has 1 fully saturated rings. The van der Waals surface area contributed by atoms with Crippen LogP contribution in [0.5, 0.6) is 0 Å². The SMILES string of the molecule is Cc1nc(S(=O)(=O)NCCC(=O)N2CCCCC2C(C)N)cn1C.Cl. The molecule has 144 valence electrons. The minimum Gasteiger partial charge on any atom is -0.338 e. The Morgan fingerprint density at radius 1 is 1.48 bits per heavy atom. The lowest BCUT2D eigenvalue weighted by Crippen LogP contribution is -2.52. The van der Waals surface area contributed by atoms with Crippen LogP contribution in [-0.4, -0.2) is 53.9 Å². The standard InChI is InChI=1S/C15H27N5O3S.ClH/c1-11(16)13-6-4-5-9-20(13)15(21)7-8-17-24(22,23)14-10-19(3)12(2)18-14;/h10-11,13,17H,4-9,16H2,1-3H3;1H. The van der Waals surface area contributed by atoms with Gasteiger partial charge in [-0.05, 0) is 33.1 Å². The second-order valence-electron chi connectivity index (χ2n) is 6.39. The van der Waals surface area contributed by atoms with Gasteiger partial charge in [0.25, 0.3) is 10.0 Å². The quantitative estimate of drug-likeness (QED) is 0.733. The van der Waals surface area contributed by atoms with Gasteiger partial charge in [-0.25, -0.2) is 18.1 Å². The molecule has 1 aliphatic heterocycles. The van der Waals surface area contributed by atoms with Crippen molar-refractivity contribution in [3.05, 3.63) is 12.0 Å². The number of piperidine rings is 1. The Morgan fingerprint density at radius 3 is 2.72 bits per heavy atom. The van der Waals surface area contributed by atoms with Crippen molar-refractivity contribution in [2.24, 2.45) is 12.8 Å². The highest BCUT2D eigenvalue weighted by atomic mass is 35.5. The van der Waals surface area contributed by atoms with Gasteiger partial charge in [0.2, 0.25) is 5.91 Å². The van der Waals surface area contributed by atoms with Crippen LogP contribution in [0.4, 0.5) is 0 Å². The third kappa shape index (κ3) is 5.40. The molecule has 10 heteroatoms. The van der Waals surface area contributed by atoms with E-state index in [9.17, 15) is 13.2 Å². The molecule has 2 rings (SSSR count). The maximum absolute atomic E-state index is 12.4. The largest absolute Gasteiger partial charge is 0.338 e. The van der Waals surface area contributed by atoms with Crippen molar-refractivity contribution in [1.29, 1.82) is 0 Å². The number of hydrogen-bond acceptors (Lipinski definition) is 5. The molecule has 0 saturated carbocycles. The van der Waals surface area contributed by atoms with Gasteiger partial charge in [-0.2, -0.15) is 0 Å². The van der Waals surface area contributed by atoms with E-state index in [2.05, 4.69) is 9.71 Å². The summed E-state index contributed by atoms with van der Waals surface area (Å²) in [4.78, 5) is 18.2. The molecule has 2 heterocycles. The maximum Gasteiger partial charge on any atom is 0.259 e. The monoisotopic (exact) mass is 393 g/mol. The summed E-state index contributed by atoms with van der Waals surface area (Å²) in [6.45, 7) is 4.38. The molecular weight excluding hydrogens is 366 g/mol. The van der Waals surface area contributed by atoms with Crippen LogP contribution in [0, 0.1) is 6.92 Å². The summed E-state index contributed by atoms with van der Waals surface area (Å²) in [6, 6.07) is -0.0382. The first-order chi connectivity index (χ1) is 11.2. The number of sulfonamides is 1. The predicted octanol–water partition coefficient (Wildman–Crippen LogP) is 0.547. The fourth-order valence-corrected chi connectivity index (χ4v) is 4.05. The number of nitrogens with one attached hydrogen (secondary N) is 1. The summed E-state index contributed by atoms with van der Waals surface area (Å²) in [5, 5.41) is -0.0265. The molecule has 1 amide bonds. The van der Waals surface area contributed by atoms with Gasteiger partial charge in [-0.1, -0.05) is 0 Å². The van der Waals surface area contributed by atoms with Crippen LogP contribution in [0.1, 0.15) is 38.4 Å². The highest BCUT2D eigenvalue weighted by Crippen LogP contribution is 2.19. The van der Waals surface area contributed by atoms with Gasteiger partial charge in [0.15, 0.2) is 5.03 Å². The highest BCUT2D eigenvalue weighted by molar-refractivity contribution is 7.89. The van der Waals surface area contributed by atoms with Gasteiger partial charge in [0, 0.05) is 44.8 Å². The zero-order valence-electron chi connectivity index (χ0n) is 14.9. The zero-order valence-corrected chi connectivity index (χ0v) is 16.6. The van der Waals surface area contributed by atoms with Gasteiger partial charge in [0.1, 0.15) is 5.82 Å². The maximum atomic E-state index is 12.4. The van der Waals surface area contributed by atoms with Crippen LogP contribution in [0.3, 0.4) is 0 Å². The van der Waals surface area contributed by atoms with Gasteiger partial charge < -0.3 is 15.2 Å². The number of imidazole rings is 1. The van der Waals surface area contributed by atoms with Crippen molar-refractivity contribution in [2.75, 3.05) is 13.1 Å². The first-order valence-corrected chi connectivity index (χ1v) is 9.75. The molecular formula is C15H28ClN5O3S. The summed E-state index contributed by atoms with van der Waals surface area (Å²) in [5.41, 5.74) is 5.97. The van der Waals surface area contributed by atoms with E-state index in [1.165, 1.54) is 6.20 Å². The Kier molecular flexibility index (Phi) is 7.86. The van der Waals surface area contributed by atoms with E-state index >= 15 is 0 Å². The lowest BCUT2D eigenvalue weighted by Gasteiger charge is -2.38. The van der Waals surface area contributed by atoms with Gasteiger partial charge in [-0.3, -0.25) is 4.79 Å². The number of nitrogens with two attached hydrogens (primary N) is 1. The van der Waals surface area contributed by atoms with Crippen molar-refractivity contribution in [1.82, 2.24) is 19.2 Å². The number of aryl methyl sites for hydroxylation is 2. The van der Waals surface area contributed by atoms with Crippen LogP contribution < -0.4 is 10.5 Å². The average Bonchev–Trinajstić information content (AvgIpc) is 2.87.